The molecule has 0 aliphatic carbocycles. The number of carbonyl (C=O) groups is 1. The summed E-state index contributed by atoms with van der Waals surface area (Å²) in [6.07, 6.45) is 1.32. The fourth-order valence-electron chi connectivity index (χ4n) is 2.70. The molecule has 0 saturated carbocycles. The molecular weight excluding hydrogens is 350 g/mol. The summed E-state index contributed by atoms with van der Waals surface area (Å²) in [4.78, 5) is 28.7. The molecule has 1 amide bonds. The molecule has 136 valence electrons. The molecule has 0 fully saturated rings. The van der Waals surface area contributed by atoms with Crippen LogP contribution in [0.1, 0.15) is 0 Å². The number of fused-ring (bicyclic) bond motifs is 1. The maximum absolute atomic E-state index is 12.3. The van der Waals surface area contributed by atoms with Gasteiger partial charge in [0.25, 0.3) is 5.56 Å². The quantitative estimate of drug-likeness (QED) is 0.733. The number of aromatic nitrogens is 2. The number of phenolic OH excluding ortho intramolecular Hbond substituents is 1. The molecule has 27 heavy (non-hydrogen) atoms. The topological polar surface area (TPSA) is 103 Å². The van der Waals surface area contributed by atoms with Crippen molar-refractivity contribution < 1.29 is 19.4 Å². The van der Waals surface area contributed by atoms with Crippen LogP contribution in [0.5, 0.6) is 17.2 Å². The lowest BCUT2D eigenvalue weighted by molar-refractivity contribution is -0.116. The van der Waals surface area contributed by atoms with Crippen LogP contribution in [-0.2, 0) is 11.3 Å². The van der Waals surface area contributed by atoms with Gasteiger partial charge in [-0.15, -0.1) is 0 Å². The first-order valence-corrected chi connectivity index (χ1v) is 8.14. The van der Waals surface area contributed by atoms with E-state index in [4.69, 9.17) is 9.47 Å². The van der Waals surface area contributed by atoms with Crippen LogP contribution in [0.15, 0.2) is 59.7 Å². The first kappa shape index (κ1) is 16.6. The van der Waals surface area contributed by atoms with Gasteiger partial charge in [-0.1, -0.05) is 6.07 Å². The second-order valence-electron chi connectivity index (χ2n) is 5.91. The van der Waals surface area contributed by atoms with Crippen LogP contribution in [0, 0.1) is 0 Å². The van der Waals surface area contributed by atoms with Crippen LogP contribution >= 0.6 is 0 Å². The minimum absolute atomic E-state index is 0.0414. The third-order valence-corrected chi connectivity index (χ3v) is 3.99. The average Bonchev–Trinajstić information content (AvgIpc) is 3.11. The Kier molecular flexibility index (Phi) is 4.21. The Morgan fingerprint density at radius 3 is 2.81 bits per heavy atom. The number of nitrogens with zero attached hydrogens (tertiary/aromatic N) is 2. The Labute approximate surface area is 153 Å². The number of hydrogen-bond acceptors (Lipinski definition) is 6. The predicted molar refractivity (Wildman–Crippen MR) is 96.8 cm³/mol. The predicted octanol–water partition coefficient (Wildman–Crippen LogP) is 1.98. The average molecular weight is 365 g/mol. The maximum Gasteiger partial charge on any atom is 0.254 e. The van der Waals surface area contributed by atoms with Gasteiger partial charge in [0.05, 0.1) is 12.0 Å². The maximum atomic E-state index is 12.3. The molecule has 1 aliphatic rings. The van der Waals surface area contributed by atoms with Gasteiger partial charge < -0.3 is 19.9 Å². The molecule has 2 aromatic carbocycles. The number of nitrogens with one attached hydrogen (secondary N) is 1. The van der Waals surface area contributed by atoms with Gasteiger partial charge in [0, 0.05) is 23.4 Å². The molecule has 0 atom stereocenters. The molecule has 4 rings (SSSR count). The lowest BCUT2D eigenvalue weighted by atomic mass is 10.1. The molecular formula is C19H15N3O5. The number of anilines is 1. The fourth-order valence-corrected chi connectivity index (χ4v) is 2.70. The SMILES string of the molecule is O=C(Cn1cnc(-c2ccc3c(c2)OCO3)cc1=O)Nc1cccc(O)c1. The van der Waals surface area contributed by atoms with Crippen molar-refractivity contribution in [1.29, 1.82) is 0 Å². The molecule has 0 radical (unpaired) electrons. The largest absolute Gasteiger partial charge is 0.508 e. The smallest absolute Gasteiger partial charge is 0.254 e. The minimum atomic E-state index is -0.402. The van der Waals surface area contributed by atoms with E-state index in [1.54, 1.807) is 30.3 Å². The fraction of sp³-hybridized carbons (Fsp3) is 0.105. The van der Waals surface area contributed by atoms with E-state index >= 15 is 0 Å². The van der Waals surface area contributed by atoms with Gasteiger partial charge in [0.2, 0.25) is 12.7 Å². The summed E-state index contributed by atoms with van der Waals surface area (Å²) < 4.78 is 11.8. The second kappa shape index (κ2) is 6.83. The van der Waals surface area contributed by atoms with E-state index < -0.39 is 5.91 Å². The summed E-state index contributed by atoms with van der Waals surface area (Å²) in [5.74, 6) is 0.889. The Bertz CT molecular complexity index is 1080. The van der Waals surface area contributed by atoms with Gasteiger partial charge in [-0.2, -0.15) is 0 Å². The molecule has 8 nitrogen and oxygen atoms in total. The van der Waals surface area contributed by atoms with E-state index in [1.807, 2.05) is 0 Å². The lowest BCUT2D eigenvalue weighted by Gasteiger charge is -2.08. The van der Waals surface area contributed by atoms with Crippen molar-refractivity contribution in [2.45, 2.75) is 6.54 Å². The molecule has 0 saturated heterocycles. The summed E-state index contributed by atoms with van der Waals surface area (Å²) in [6.45, 7) is -0.0228. The molecule has 2 N–H and O–H groups in total. The molecule has 3 aromatic rings. The summed E-state index contributed by atoms with van der Waals surface area (Å²) in [5, 5.41) is 12.0. The van der Waals surface area contributed by atoms with E-state index in [1.165, 1.54) is 29.1 Å². The van der Waals surface area contributed by atoms with Crippen LogP contribution < -0.4 is 20.3 Å². The number of carbonyl (C=O) groups excluding carboxylic acids is 1. The molecule has 1 aromatic heterocycles. The van der Waals surface area contributed by atoms with Crippen LogP contribution in [0.25, 0.3) is 11.3 Å². The Morgan fingerprint density at radius 1 is 1.15 bits per heavy atom. The Morgan fingerprint density at radius 2 is 2.00 bits per heavy atom. The second-order valence-corrected chi connectivity index (χ2v) is 5.91. The first-order valence-electron chi connectivity index (χ1n) is 8.14. The highest BCUT2D eigenvalue weighted by Gasteiger charge is 2.15. The first-order chi connectivity index (χ1) is 13.1. The zero-order valence-electron chi connectivity index (χ0n) is 14.1. The zero-order chi connectivity index (χ0) is 18.8. The number of phenols is 1. The van der Waals surface area contributed by atoms with E-state index in [2.05, 4.69) is 10.3 Å². The lowest BCUT2D eigenvalue weighted by Crippen LogP contribution is -2.27. The van der Waals surface area contributed by atoms with Gasteiger partial charge >= 0.3 is 0 Å². The highest BCUT2D eigenvalue weighted by atomic mass is 16.7. The summed E-state index contributed by atoms with van der Waals surface area (Å²) in [7, 11) is 0. The van der Waals surface area contributed by atoms with Gasteiger partial charge in [-0.3, -0.25) is 14.2 Å². The zero-order valence-corrected chi connectivity index (χ0v) is 14.1. The van der Waals surface area contributed by atoms with Crippen LogP contribution in [-0.4, -0.2) is 27.4 Å². The van der Waals surface area contributed by atoms with Gasteiger partial charge in [0.15, 0.2) is 11.5 Å². The van der Waals surface area contributed by atoms with Crippen LogP contribution in [0.2, 0.25) is 0 Å². The van der Waals surface area contributed by atoms with Crippen molar-refractivity contribution in [3.05, 3.63) is 65.2 Å². The Hall–Kier alpha value is -3.81. The number of rotatable bonds is 4. The van der Waals surface area contributed by atoms with E-state index in [0.717, 1.165) is 0 Å². The highest BCUT2D eigenvalue weighted by Crippen LogP contribution is 2.35. The number of hydrogen-bond donors (Lipinski definition) is 2. The van der Waals surface area contributed by atoms with Gasteiger partial charge in [-0.25, -0.2) is 4.98 Å². The number of amides is 1. The highest BCUT2D eigenvalue weighted by molar-refractivity contribution is 5.90. The molecule has 1 aliphatic heterocycles. The standard InChI is InChI=1S/C19H15N3O5/c23-14-3-1-2-13(7-14)21-18(24)9-22-10-20-15(8-19(22)25)12-4-5-16-17(6-12)27-11-26-16/h1-8,10,23H,9,11H2,(H,21,24). The van der Waals surface area contributed by atoms with Crippen molar-refractivity contribution in [3.63, 3.8) is 0 Å². The molecule has 0 unspecified atom stereocenters. The van der Waals surface area contributed by atoms with Crippen LogP contribution in [0.3, 0.4) is 0 Å². The monoisotopic (exact) mass is 365 g/mol. The van der Waals surface area contributed by atoms with E-state index in [9.17, 15) is 14.7 Å². The number of benzene rings is 2. The number of aromatic hydroxyl groups is 1. The van der Waals surface area contributed by atoms with Crippen molar-refractivity contribution in [3.8, 4) is 28.5 Å². The van der Waals surface area contributed by atoms with E-state index in [-0.39, 0.29) is 24.6 Å². The Balaban J connectivity index is 1.50. The van der Waals surface area contributed by atoms with Gasteiger partial charge in [-0.05, 0) is 30.3 Å². The summed E-state index contributed by atoms with van der Waals surface area (Å²) >= 11 is 0. The van der Waals surface area contributed by atoms with Gasteiger partial charge in [0.1, 0.15) is 12.3 Å². The molecule has 0 bridgehead atoms. The van der Waals surface area contributed by atoms with Crippen molar-refractivity contribution in [1.82, 2.24) is 9.55 Å². The molecule has 0 spiro atoms. The van der Waals surface area contributed by atoms with Crippen LogP contribution in [0.4, 0.5) is 5.69 Å². The molecule has 8 heteroatoms. The molecule has 2 heterocycles. The minimum Gasteiger partial charge on any atom is -0.508 e. The third-order valence-electron chi connectivity index (χ3n) is 3.99. The summed E-state index contributed by atoms with van der Waals surface area (Å²) in [5.41, 5.74) is 1.28. The van der Waals surface area contributed by atoms with Crippen molar-refractivity contribution >= 4 is 11.6 Å². The van der Waals surface area contributed by atoms with Crippen molar-refractivity contribution in [2.24, 2.45) is 0 Å². The number of ether oxygens (including phenoxy) is 2. The normalized spacial score (nSPS) is 12.0. The summed E-state index contributed by atoms with van der Waals surface area (Å²) in [6, 6.07) is 12.8. The third kappa shape index (κ3) is 3.59. The van der Waals surface area contributed by atoms with E-state index in [0.29, 0.717) is 28.4 Å². The van der Waals surface area contributed by atoms with Crippen molar-refractivity contribution in [2.75, 3.05) is 12.1 Å².